The van der Waals surface area contributed by atoms with Gasteiger partial charge in [-0.1, -0.05) is 0 Å². The first-order valence-electron chi connectivity index (χ1n) is 6.00. The number of aromatic nitrogens is 3. The quantitative estimate of drug-likeness (QED) is 0.770. The summed E-state index contributed by atoms with van der Waals surface area (Å²) in [6.07, 6.45) is 1.66. The van der Waals surface area contributed by atoms with E-state index in [4.69, 9.17) is 9.47 Å². The molecule has 0 atom stereocenters. The van der Waals surface area contributed by atoms with Crippen LogP contribution in [0, 0.1) is 0 Å². The van der Waals surface area contributed by atoms with E-state index in [1.54, 1.807) is 29.9 Å². The van der Waals surface area contributed by atoms with Crippen LogP contribution in [0.3, 0.4) is 0 Å². The minimum Gasteiger partial charge on any atom is -0.486 e. The zero-order chi connectivity index (χ0) is 13.2. The molecule has 0 amide bonds. The summed E-state index contributed by atoms with van der Waals surface area (Å²) in [6, 6.07) is 5.22. The molecule has 98 valence electrons. The van der Waals surface area contributed by atoms with Crippen LogP contribution >= 0.6 is 0 Å². The van der Waals surface area contributed by atoms with Crippen molar-refractivity contribution in [2.24, 2.45) is 7.05 Å². The van der Waals surface area contributed by atoms with Gasteiger partial charge in [-0.05, 0) is 18.2 Å². The molecular formula is C13H13N3O3. The normalized spacial score (nSPS) is 13.3. The highest BCUT2D eigenvalue weighted by molar-refractivity contribution is 5.97. The average Bonchev–Trinajstić information content (AvgIpc) is 2.84. The third-order valence-corrected chi connectivity index (χ3v) is 2.99. The average molecular weight is 259 g/mol. The van der Waals surface area contributed by atoms with E-state index < -0.39 is 0 Å². The number of Topliss-reactive ketones (excluding diaryl/α,β-unsaturated/α-hetero) is 1. The molecule has 19 heavy (non-hydrogen) atoms. The molecule has 0 radical (unpaired) electrons. The van der Waals surface area contributed by atoms with E-state index >= 15 is 0 Å². The number of fused-ring (bicyclic) bond motifs is 1. The number of benzene rings is 1. The zero-order valence-electron chi connectivity index (χ0n) is 10.5. The predicted octanol–water partition coefficient (Wildman–Crippen LogP) is 1.01. The molecule has 0 N–H and O–H groups in total. The second kappa shape index (κ2) is 4.72. The van der Waals surface area contributed by atoms with Crippen LogP contribution in [0.1, 0.15) is 16.2 Å². The number of carbonyl (C=O) groups excluding carboxylic acids is 1. The van der Waals surface area contributed by atoms with E-state index in [0.29, 0.717) is 36.1 Å². The third kappa shape index (κ3) is 2.29. The van der Waals surface area contributed by atoms with E-state index in [0.717, 1.165) is 0 Å². The molecule has 0 bridgehead atoms. The third-order valence-electron chi connectivity index (χ3n) is 2.99. The second-order valence-corrected chi connectivity index (χ2v) is 4.26. The van der Waals surface area contributed by atoms with Crippen molar-refractivity contribution in [2.75, 3.05) is 13.2 Å². The number of rotatable bonds is 3. The topological polar surface area (TPSA) is 66.2 Å². The molecular weight excluding hydrogens is 246 g/mol. The molecule has 1 aliphatic heterocycles. The van der Waals surface area contributed by atoms with Crippen molar-refractivity contribution in [1.29, 1.82) is 0 Å². The van der Waals surface area contributed by atoms with E-state index in [1.807, 2.05) is 0 Å². The molecule has 1 aromatic heterocycles. The fourth-order valence-corrected chi connectivity index (χ4v) is 1.94. The van der Waals surface area contributed by atoms with Gasteiger partial charge in [-0.2, -0.15) is 5.10 Å². The Bertz CT molecular complexity index is 621. The highest BCUT2D eigenvalue weighted by Gasteiger charge is 2.16. The van der Waals surface area contributed by atoms with Crippen molar-refractivity contribution >= 4 is 5.78 Å². The van der Waals surface area contributed by atoms with Crippen LogP contribution in [0.25, 0.3) is 0 Å². The standard InChI is InChI=1S/C13H13N3O3/c1-16-13(14-8-15-16)7-10(17)9-2-3-11-12(6-9)19-5-4-18-11/h2-3,6,8H,4-5,7H2,1H3. The summed E-state index contributed by atoms with van der Waals surface area (Å²) in [5, 5.41) is 3.94. The lowest BCUT2D eigenvalue weighted by atomic mass is 10.1. The minimum absolute atomic E-state index is 0.0203. The molecule has 6 nitrogen and oxygen atoms in total. The number of ketones is 1. The Labute approximate surface area is 110 Å². The minimum atomic E-state index is -0.0203. The largest absolute Gasteiger partial charge is 0.486 e. The lowest BCUT2D eigenvalue weighted by Gasteiger charge is -2.18. The molecule has 0 aliphatic carbocycles. The Balaban J connectivity index is 1.82. The van der Waals surface area contributed by atoms with E-state index in [1.165, 1.54) is 6.33 Å². The summed E-state index contributed by atoms with van der Waals surface area (Å²) in [6.45, 7) is 1.05. The summed E-state index contributed by atoms with van der Waals surface area (Å²) in [5.74, 6) is 1.92. The van der Waals surface area contributed by atoms with Gasteiger partial charge in [-0.3, -0.25) is 9.48 Å². The van der Waals surface area contributed by atoms with Crippen molar-refractivity contribution < 1.29 is 14.3 Å². The molecule has 1 aliphatic rings. The Morgan fingerprint density at radius 1 is 1.32 bits per heavy atom. The predicted molar refractivity (Wildman–Crippen MR) is 66.5 cm³/mol. The lowest BCUT2D eigenvalue weighted by molar-refractivity contribution is 0.0988. The van der Waals surface area contributed by atoms with E-state index in [-0.39, 0.29) is 12.2 Å². The summed E-state index contributed by atoms with van der Waals surface area (Å²) in [4.78, 5) is 16.2. The van der Waals surface area contributed by atoms with Crippen molar-refractivity contribution in [1.82, 2.24) is 14.8 Å². The van der Waals surface area contributed by atoms with E-state index in [2.05, 4.69) is 10.1 Å². The van der Waals surface area contributed by atoms with Crippen LogP contribution in [-0.4, -0.2) is 33.8 Å². The number of ether oxygens (including phenoxy) is 2. The maximum Gasteiger partial charge on any atom is 0.170 e. The van der Waals surface area contributed by atoms with Crippen LogP contribution in [0.2, 0.25) is 0 Å². The molecule has 1 aromatic carbocycles. The fourth-order valence-electron chi connectivity index (χ4n) is 1.94. The van der Waals surface area contributed by atoms with Crippen LogP contribution in [0.5, 0.6) is 11.5 Å². The SMILES string of the molecule is Cn1ncnc1CC(=O)c1ccc2c(c1)OCCO2. The van der Waals surface area contributed by atoms with Gasteiger partial charge in [0.2, 0.25) is 0 Å². The number of nitrogens with zero attached hydrogens (tertiary/aromatic N) is 3. The number of hydrogen-bond acceptors (Lipinski definition) is 5. The summed E-state index contributed by atoms with van der Waals surface area (Å²) >= 11 is 0. The van der Waals surface area contributed by atoms with Crippen LogP contribution in [-0.2, 0) is 13.5 Å². The molecule has 2 heterocycles. The molecule has 6 heteroatoms. The van der Waals surface area contributed by atoms with Gasteiger partial charge >= 0.3 is 0 Å². The Kier molecular flexibility index (Phi) is 2.91. The lowest BCUT2D eigenvalue weighted by Crippen LogP contribution is -2.16. The molecule has 2 aromatic rings. The van der Waals surface area contributed by atoms with Crippen molar-refractivity contribution in [3.63, 3.8) is 0 Å². The Hall–Kier alpha value is -2.37. The smallest absolute Gasteiger partial charge is 0.170 e. The van der Waals surface area contributed by atoms with Crippen molar-refractivity contribution in [3.8, 4) is 11.5 Å². The van der Waals surface area contributed by atoms with Gasteiger partial charge in [-0.15, -0.1) is 0 Å². The fraction of sp³-hybridized carbons (Fsp3) is 0.308. The van der Waals surface area contributed by atoms with Crippen LogP contribution in [0.15, 0.2) is 24.5 Å². The summed E-state index contributed by atoms with van der Waals surface area (Å²) in [5.41, 5.74) is 0.590. The first-order valence-corrected chi connectivity index (χ1v) is 6.00. The molecule has 0 unspecified atom stereocenters. The molecule has 3 rings (SSSR count). The number of carbonyl (C=O) groups is 1. The summed E-state index contributed by atoms with van der Waals surface area (Å²) < 4.78 is 12.5. The molecule has 0 spiro atoms. The maximum atomic E-state index is 12.2. The van der Waals surface area contributed by atoms with Crippen LogP contribution < -0.4 is 9.47 Å². The summed E-state index contributed by atoms with van der Waals surface area (Å²) in [7, 11) is 1.76. The van der Waals surface area contributed by atoms with Gasteiger partial charge in [0.1, 0.15) is 25.4 Å². The highest BCUT2D eigenvalue weighted by atomic mass is 16.6. The van der Waals surface area contributed by atoms with Gasteiger partial charge in [0.25, 0.3) is 0 Å². The van der Waals surface area contributed by atoms with E-state index in [9.17, 15) is 4.79 Å². The Morgan fingerprint density at radius 2 is 2.11 bits per heavy atom. The van der Waals surface area contributed by atoms with Gasteiger partial charge in [0, 0.05) is 12.6 Å². The van der Waals surface area contributed by atoms with Crippen molar-refractivity contribution in [2.45, 2.75) is 6.42 Å². The van der Waals surface area contributed by atoms with Gasteiger partial charge in [0.15, 0.2) is 17.3 Å². The second-order valence-electron chi connectivity index (χ2n) is 4.26. The molecule has 0 fully saturated rings. The Morgan fingerprint density at radius 3 is 2.84 bits per heavy atom. The first-order chi connectivity index (χ1) is 9.24. The number of aryl methyl sites for hydroxylation is 1. The van der Waals surface area contributed by atoms with Gasteiger partial charge in [0.05, 0.1) is 6.42 Å². The monoisotopic (exact) mass is 259 g/mol. The van der Waals surface area contributed by atoms with Gasteiger partial charge < -0.3 is 9.47 Å². The highest BCUT2D eigenvalue weighted by Crippen LogP contribution is 2.31. The first kappa shape index (κ1) is 11.7. The molecule has 0 saturated heterocycles. The maximum absolute atomic E-state index is 12.2. The van der Waals surface area contributed by atoms with Crippen LogP contribution in [0.4, 0.5) is 0 Å². The zero-order valence-corrected chi connectivity index (χ0v) is 10.5. The van der Waals surface area contributed by atoms with Gasteiger partial charge in [-0.25, -0.2) is 4.98 Å². The number of hydrogen-bond donors (Lipinski definition) is 0. The molecule has 0 saturated carbocycles. The van der Waals surface area contributed by atoms with Crippen molar-refractivity contribution in [3.05, 3.63) is 35.9 Å².